The molecule has 3 nitrogen and oxygen atoms in total. The molecule has 0 aromatic carbocycles. The highest BCUT2D eigenvalue weighted by Crippen LogP contribution is 2.67. The number of fused-ring (bicyclic) bond motifs is 6. The average Bonchev–Trinajstić information content (AvgIpc) is 3.02. The highest BCUT2D eigenvalue weighted by molar-refractivity contribution is 5.92. The van der Waals surface area contributed by atoms with E-state index in [1.165, 1.54) is 51.4 Å². The summed E-state index contributed by atoms with van der Waals surface area (Å²) in [6.45, 7) is 7.27. The lowest BCUT2D eigenvalue weighted by molar-refractivity contribution is -0.139. The topological polar surface area (TPSA) is 32.8 Å². The van der Waals surface area contributed by atoms with E-state index in [2.05, 4.69) is 18.7 Å². The van der Waals surface area contributed by atoms with Crippen molar-refractivity contribution in [3.63, 3.8) is 0 Å². The van der Waals surface area contributed by atoms with Crippen LogP contribution in [0.5, 0.6) is 0 Å². The maximum Gasteiger partial charge on any atom is 0.156 e. The van der Waals surface area contributed by atoms with Gasteiger partial charge in [-0.25, -0.2) is 0 Å². The van der Waals surface area contributed by atoms with Crippen LogP contribution in [0.3, 0.4) is 0 Å². The lowest BCUT2D eigenvalue weighted by Crippen LogP contribution is -2.53. The highest BCUT2D eigenvalue weighted by atomic mass is 16.6. The monoisotopic (exact) mass is 357 g/mol. The summed E-state index contributed by atoms with van der Waals surface area (Å²) in [6, 6.07) is 0.249. The normalized spacial score (nSPS) is 58.7. The van der Waals surface area contributed by atoms with Crippen LogP contribution in [0.15, 0.2) is 0 Å². The number of rotatable bonds is 1. The molecule has 4 saturated carbocycles. The minimum atomic E-state index is -0.0229. The van der Waals surface area contributed by atoms with Gasteiger partial charge in [-0.05, 0) is 100.0 Å². The van der Waals surface area contributed by atoms with Crippen LogP contribution in [-0.2, 0) is 9.53 Å². The summed E-state index contributed by atoms with van der Waals surface area (Å²) in [5, 5.41) is 0. The lowest BCUT2D eigenvalue weighted by atomic mass is 9.45. The summed E-state index contributed by atoms with van der Waals surface area (Å²) >= 11 is 0. The van der Waals surface area contributed by atoms with E-state index in [1.807, 2.05) is 0 Å². The molecule has 0 spiro atoms. The molecule has 0 bridgehead atoms. The number of hydrogen-bond acceptors (Lipinski definition) is 3. The van der Waals surface area contributed by atoms with Crippen molar-refractivity contribution in [1.82, 2.24) is 4.90 Å². The van der Waals surface area contributed by atoms with Gasteiger partial charge in [0.1, 0.15) is 0 Å². The number of carbonyl (C=O) groups is 1. The van der Waals surface area contributed by atoms with Crippen LogP contribution in [0.25, 0.3) is 0 Å². The van der Waals surface area contributed by atoms with Crippen molar-refractivity contribution in [1.29, 1.82) is 0 Å². The van der Waals surface area contributed by atoms with E-state index < -0.39 is 0 Å². The Hall–Kier alpha value is -0.410. The fraction of sp³-hybridized carbons (Fsp3) is 0.957. The Bertz CT molecular complexity index is 628. The lowest BCUT2D eigenvalue weighted by Gasteiger charge is -2.58. The number of likely N-dealkylation sites (tertiary alicyclic amines) is 1. The van der Waals surface area contributed by atoms with E-state index in [4.69, 9.17) is 4.74 Å². The Morgan fingerprint density at radius 1 is 1.00 bits per heavy atom. The van der Waals surface area contributed by atoms with Gasteiger partial charge < -0.3 is 4.74 Å². The molecule has 6 rings (SSSR count). The van der Waals surface area contributed by atoms with Crippen molar-refractivity contribution in [2.24, 2.45) is 34.5 Å². The van der Waals surface area contributed by atoms with Crippen molar-refractivity contribution >= 4 is 5.78 Å². The second kappa shape index (κ2) is 5.35. The fourth-order valence-electron chi connectivity index (χ4n) is 8.68. The predicted octanol–water partition coefficient (Wildman–Crippen LogP) is 4.05. The van der Waals surface area contributed by atoms with Gasteiger partial charge in [0.05, 0.1) is 18.2 Å². The van der Waals surface area contributed by atoms with Gasteiger partial charge in [0.25, 0.3) is 0 Å². The molecule has 144 valence electrons. The van der Waals surface area contributed by atoms with E-state index in [0.717, 1.165) is 37.3 Å². The van der Waals surface area contributed by atoms with Crippen molar-refractivity contribution < 1.29 is 9.53 Å². The zero-order chi connectivity index (χ0) is 17.7. The molecule has 0 radical (unpaired) electrons. The first-order chi connectivity index (χ1) is 12.5. The van der Waals surface area contributed by atoms with Gasteiger partial charge in [0, 0.05) is 5.41 Å². The van der Waals surface area contributed by atoms with Crippen molar-refractivity contribution in [2.45, 2.75) is 89.9 Å². The molecule has 6 fully saturated rings. The van der Waals surface area contributed by atoms with Gasteiger partial charge in [-0.15, -0.1) is 0 Å². The van der Waals surface area contributed by atoms with E-state index in [-0.39, 0.29) is 11.5 Å². The zero-order valence-electron chi connectivity index (χ0n) is 16.6. The van der Waals surface area contributed by atoms with Crippen molar-refractivity contribution in [3.8, 4) is 0 Å². The summed E-state index contributed by atoms with van der Waals surface area (Å²) in [5.74, 6) is 3.78. The zero-order valence-corrected chi connectivity index (χ0v) is 16.6. The molecule has 4 unspecified atom stereocenters. The number of carbonyl (C=O) groups excluding carboxylic acids is 1. The smallest absolute Gasteiger partial charge is 0.156 e. The maximum atomic E-state index is 13.5. The molecule has 26 heavy (non-hydrogen) atoms. The summed E-state index contributed by atoms with van der Waals surface area (Å²) in [5.41, 5.74) is 0.460. The summed E-state index contributed by atoms with van der Waals surface area (Å²) in [4.78, 5) is 16.0. The second-order valence-corrected chi connectivity index (χ2v) is 11.1. The van der Waals surface area contributed by atoms with Crippen LogP contribution < -0.4 is 0 Å². The van der Waals surface area contributed by atoms with E-state index in [1.54, 1.807) is 0 Å². The third-order valence-electron chi connectivity index (χ3n) is 10.2. The molecule has 2 saturated heterocycles. The molecular weight excluding hydrogens is 322 g/mol. The standard InChI is InChI=1S/C23H35NO2/c1-22-8-7-16-15(6-5-14-11-19-20(26-19)13-23(14,16)2)17(22)12-18(21(22)25)24-9-3-4-10-24/h14-20H,3-13H2,1-2H3/t14?,15-,16-,17+,18?,19?,20?,22+,23+/m1/s1. The van der Waals surface area contributed by atoms with Crippen molar-refractivity contribution in [3.05, 3.63) is 0 Å². The van der Waals surface area contributed by atoms with Crippen LogP contribution in [0.2, 0.25) is 0 Å². The first kappa shape index (κ1) is 16.5. The Kier molecular flexibility index (Phi) is 3.40. The highest BCUT2D eigenvalue weighted by Gasteiger charge is 2.65. The molecule has 4 aliphatic carbocycles. The number of ketones is 1. The molecule has 0 amide bonds. The van der Waals surface area contributed by atoms with Gasteiger partial charge in [0.2, 0.25) is 0 Å². The fourth-order valence-corrected chi connectivity index (χ4v) is 8.68. The first-order valence-corrected chi connectivity index (χ1v) is 11.4. The van der Waals surface area contributed by atoms with Crippen LogP contribution in [-0.4, -0.2) is 42.0 Å². The van der Waals surface area contributed by atoms with E-state index >= 15 is 0 Å². The van der Waals surface area contributed by atoms with Gasteiger partial charge >= 0.3 is 0 Å². The summed E-state index contributed by atoms with van der Waals surface area (Å²) in [6.07, 6.45) is 12.8. The maximum absolute atomic E-state index is 13.5. The average molecular weight is 358 g/mol. The first-order valence-electron chi connectivity index (χ1n) is 11.4. The van der Waals surface area contributed by atoms with E-state index in [9.17, 15) is 4.79 Å². The molecule has 9 atom stereocenters. The Morgan fingerprint density at radius 2 is 1.81 bits per heavy atom. The summed E-state index contributed by atoms with van der Waals surface area (Å²) in [7, 11) is 0. The van der Waals surface area contributed by atoms with Crippen LogP contribution in [0.1, 0.15) is 71.6 Å². The summed E-state index contributed by atoms with van der Waals surface area (Å²) < 4.78 is 5.96. The van der Waals surface area contributed by atoms with Gasteiger partial charge in [0.15, 0.2) is 5.78 Å². The SMILES string of the molecule is C[C@]12CC3OC3CC1CC[C@@H]1[C@H]2CC[C@]2(C)C(=O)C(N3CCCC3)C[C@@H]12. The van der Waals surface area contributed by atoms with Crippen LogP contribution in [0.4, 0.5) is 0 Å². The molecule has 0 aromatic rings. The number of Topliss-reactive ketones (excluding diaryl/α,β-unsaturated/α-hetero) is 1. The van der Waals surface area contributed by atoms with Gasteiger partial charge in [-0.3, -0.25) is 9.69 Å². The second-order valence-electron chi connectivity index (χ2n) is 11.1. The molecular formula is C23H35NO2. The predicted molar refractivity (Wildman–Crippen MR) is 101 cm³/mol. The number of ether oxygens (including phenoxy) is 1. The Morgan fingerprint density at radius 3 is 2.62 bits per heavy atom. The van der Waals surface area contributed by atoms with Crippen LogP contribution >= 0.6 is 0 Å². The van der Waals surface area contributed by atoms with Gasteiger partial charge in [-0.1, -0.05) is 13.8 Å². The minimum absolute atomic E-state index is 0.0229. The quantitative estimate of drug-likeness (QED) is 0.664. The number of epoxide rings is 1. The molecule has 0 N–H and O–H groups in total. The number of hydrogen-bond donors (Lipinski definition) is 0. The Labute approximate surface area is 158 Å². The number of nitrogens with zero attached hydrogens (tertiary/aromatic N) is 1. The molecule has 2 aliphatic heterocycles. The van der Waals surface area contributed by atoms with Gasteiger partial charge in [-0.2, -0.15) is 0 Å². The third kappa shape index (κ3) is 2.05. The minimum Gasteiger partial charge on any atom is -0.370 e. The largest absolute Gasteiger partial charge is 0.370 e. The van der Waals surface area contributed by atoms with Crippen molar-refractivity contribution in [2.75, 3.05) is 13.1 Å². The molecule has 2 heterocycles. The van der Waals surface area contributed by atoms with Crippen LogP contribution in [0, 0.1) is 34.5 Å². The third-order valence-corrected chi connectivity index (χ3v) is 10.2. The van der Waals surface area contributed by atoms with E-state index in [0.29, 0.717) is 29.3 Å². The molecule has 6 aliphatic rings. The molecule has 3 heteroatoms. The molecule has 0 aromatic heterocycles. The Balaban J connectivity index is 1.30.